The molecular formula is C15H19N5O2. The minimum absolute atomic E-state index is 0.735. The lowest BCUT2D eigenvalue weighted by Gasteiger charge is -2.14. The van der Waals surface area contributed by atoms with Crippen molar-refractivity contribution < 1.29 is 9.47 Å². The predicted molar refractivity (Wildman–Crippen MR) is 85.0 cm³/mol. The number of benzene rings is 2. The van der Waals surface area contributed by atoms with Gasteiger partial charge in [0.1, 0.15) is 11.5 Å². The Morgan fingerprint density at radius 1 is 0.864 bits per heavy atom. The molecule has 0 aliphatic carbocycles. The summed E-state index contributed by atoms with van der Waals surface area (Å²) in [4.78, 5) is 0. The number of methoxy groups -OCH3 is 2. The van der Waals surface area contributed by atoms with Crippen LogP contribution in [-0.4, -0.2) is 26.4 Å². The molecule has 0 saturated heterocycles. The molecular weight excluding hydrogens is 282 g/mol. The molecule has 0 aliphatic heterocycles. The van der Waals surface area contributed by atoms with E-state index in [9.17, 15) is 0 Å². The van der Waals surface area contributed by atoms with Gasteiger partial charge in [0.2, 0.25) is 0 Å². The van der Waals surface area contributed by atoms with Crippen LogP contribution in [0.2, 0.25) is 0 Å². The van der Waals surface area contributed by atoms with Gasteiger partial charge in [-0.3, -0.25) is 0 Å². The zero-order chi connectivity index (χ0) is 15.8. The van der Waals surface area contributed by atoms with Crippen LogP contribution in [0.4, 0.5) is 11.4 Å². The molecule has 0 saturated carbocycles. The van der Waals surface area contributed by atoms with Crippen LogP contribution in [0.15, 0.2) is 58.9 Å². The minimum atomic E-state index is 0.735. The number of nitrogens with one attached hydrogen (secondary N) is 2. The highest BCUT2D eigenvalue weighted by Crippen LogP contribution is 2.18. The van der Waals surface area contributed by atoms with Crippen LogP contribution in [0.5, 0.6) is 11.5 Å². The van der Waals surface area contributed by atoms with Crippen molar-refractivity contribution in [2.75, 3.05) is 26.7 Å². The molecule has 0 aliphatic rings. The number of hydrogen-bond donors (Lipinski definition) is 2. The van der Waals surface area contributed by atoms with Gasteiger partial charge in [0.05, 0.1) is 25.6 Å². The van der Waals surface area contributed by atoms with Crippen LogP contribution < -0.4 is 20.4 Å². The third-order valence-corrected chi connectivity index (χ3v) is 2.82. The van der Waals surface area contributed by atoms with Gasteiger partial charge in [0.15, 0.2) is 0 Å². The summed E-state index contributed by atoms with van der Waals surface area (Å²) in [5, 5.41) is 9.58. The van der Waals surface area contributed by atoms with Gasteiger partial charge in [-0.2, -0.15) is 5.12 Å². The van der Waals surface area contributed by atoms with Crippen molar-refractivity contribution in [3.63, 3.8) is 0 Å². The zero-order valence-electron chi connectivity index (χ0n) is 12.8. The molecule has 2 rings (SSSR count). The van der Waals surface area contributed by atoms with Crippen LogP contribution in [0.1, 0.15) is 0 Å². The fourth-order valence-electron chi connectivity index (χ4n) is 1.61. The van der Waals surface area contributed by atoms with E-state index in [0.29, 0.717) is 0 Å². The van der Waals surface area contributed by atoms with E-state index >= 15 is 0 Å². The van der Waals surface area contributed by atoms with E-state index in [-0.39, 0.29) is 0 Å². The van der Waals surface area contributed by atoms with Gasteiger partial charge < -0.3 is 14.9 Å². The van der Waals surface area contributed by atoms with Gasteiger partial charge in [-0.25, -0.2) is 0 Å². The van der Waals surface area contributed by atoms with Gasteiger partial charge in [-0.15, -0.1) is 10.6 Å². The third-order valence-electron chi connectivity index (χ3n) is 2.82. The fraction of sp³-hybridized carbons (Fsp3) is 0.200. The molecule has 2 aromatic rings. The maximum absolute atomic E-state index is 5.10. The molecule has 0 aromatic heterocycles. The van der Waals surface area contributed by atoms with Gasteiger partial charge in [0, 0.05) is 7.05 Å². The molecule has 0 atom stereocenters. The Balaban J connectivity index is 1.83. The average Bonchev–Trinajstić information content (AvgIpc) is 2.59. The Morgan fingerprint density at radius 2 is 1.41 bits per heavy atom. The average molecular weight is 301 g/mol. The van der Waals surface area contributed by atoms with E-state index in [2.05, 4.69) is 21.3 Å². The van der Waals surface area contributed by atoms with E-state index in [0.717, 1.165) is 22.9 Å². The van der Waals surface area contributed by atoms with Crippen molar-refractivity contribution in [2.24, 2.45) is 10.3 Å². The molecule has 22 heavy (non-hydrogen) atoms. The summed E-state index contributed by atoms with van der Waals surface area (Å²) in [7, 11) is 5.00. The second-order valence-corrected chi connectivity index (χ2v) is 4.38. The third kappa shape index (κ3) is 4.64. The van der Waals surface area contributed by atoms with Crippen molar-refractivity contribution in [3.05, 3.63) is 48.5 Å². The van der Waals surface area contributed by atoms with Crippen molar-refractivity contribution >= 4 is 11.4 Å². The van der Waals surface area contributed by atoms with Crippen LogP contribution in [0, 0.1) is 0 Å². The first kappa shape index (κ1) is 15.6. The largest absolute Gasteiger partial charge is 0.497 e. The summed E-state index contributed by atoms with van der Waals surface area (Å²) in [6.07, 6.45) is 0. The first-order chi connectivity index (χ1) is 10.7. The molecule has 0 amide bonds. The number of nitrogens with zero attached hydrogens (tertiary/aromatic N) is 3. The smallest absolute Gasteiger partial charge is 0.119 e. The van der Waals surface area contributed by atoms with Crippen molar-refractivity contribution in [1.82, 2.24) is 10.7 Å². The van der Waals surface area contributed by atoms with Gasteiger partial charge in [-0.05, 0) is 48.5 Å². The number of hydrazine groups is 2. The van der Waals surface area contributed by atoms with Gasteiger partial charge in [-0.1, -0.05) is 5.22 Å². The lowest BCUT2D eigenvalue weighted by atomic mass is 10.3. The number of rotatable bonds is 7. The Hall–Kier alpha value is -2.80. The molecule has 116 valence electrons. The van der Waals surface area contributed by atoms with Gasteiger partial charge >= 0.3 is 0 Å². The first-order valence-corrected chi connectivity index (χ1v) is 6.66. The summed E-state index contributed by atoms with van der Waals surface area (Å²) < 4.78 is 10.2. The monoisotopic (exact) mass is 301 g/mol. The molecule has 0 fully saturated rings. The second-order valence-electron chi connectivity index (χ2n) is 4.38. The van der Waals surface area contributed by atoms with Crippen molar-refractivity contribution in [2.45, 2.75) is 0 Å². The molecule has 0 unspecified atom stereocenters. The summed E-state index contributed by atoms with van der Waals surface area (Å²) in [6, 6.07) is 14.8. The van der Waals surface area contributed by atoms with E-state index in [1.54, 1.807) is 21.3 Å². The van der Waals surface area contributed by atoms with Crippen LogP contribution >= 0.6 is 0 Å². The molecule has 2 N–H and O–H groups in total. The van der Waals surface area contributed by atoms with E-state index in [4.69, 9.17) is 9.47 Å². The highest BCUT2D eigenvalue weighted by Gasteiger charge is 1.96. The van der Waals surface area contributed by atoms with Crippen molar-refractivity contribution in [1.29, 1.82) is 0 Å². The minimum Gasteiger partial charge on any atom is -0.497 e. The lowest BCUT2D eigenvalue weighted by molar-refractivity contribution is 0.254. The number of ether oxygens (including phenoxy) is 2. The molecule has 0 bridgehead atoms. The first-order valence-electron chi connectivity index (χ1n) is 6.66. The second kappa shape index (κ2) is 7.84. The van der Waals surface area contributed by atoms with E-state index in [1.807, 2.05) is 48.5 Å². The van der Waals surface area contributed by atoms with Crippen LogP contribution in [0.25, 0.3) is 0 Å². The molecule has 0 radical (unpaired) electrons. The SMILES string of the molecule is COc1ccc(N=NN(C)NNc2ccc(OC)cc2)cc1. The van der Waals surface area contributed by atoms with Crippen LogP contribution in [0.3, 0.4) is 0 Å². The normalized spacial score (nSPS) is 10.5. The highest BCUT2D eigenvalue weighted by atomic mass is 16.5. The molecule has 0 heterocycles. The summed E-state index contributed by atoms with van der Waals surface area (Å²) >= 11 is 0. The molecule has 7 heteroatoms. The lowest BCUT2D eigenvalue weighted by Crippen LogP contribution is -2.34. The van der Waals surface area contributed by atoms with Gasteiger partial charge in [0.25, 0.3) is 0 Å². The Bertz CT molecular complexity index is 598. The maximum Gasteiger partial charge on any atom is 0.119 e. The Labute approximate surface area is 129 Å². The Morgan fingerprint density at radius 3 is 1.95 bits per heavy atom. The summed E-state index contributed by atoms with van der Waals surface area (Å²) in [6.45, 7) is 0. The van der Waals surface area contributed by atoms with Crippen molar-refractivity contribution in [3.8, 4) is 11.5 Å². The van der Waals surface area contributed by atoms with Crippen LogP contribution in [-0.2, 0) is 0 Å². The summed E-state index contributed by atoms with van der Waals surface area (Å²) in [5.74, 6) is 1.59. The summed E-state index contributed by atoms with van der Waals surface area (Å²) in [5.41, 5.74) is 7.50. The zero-order valence-corrected chi connectivity index (χ0v) is 12.8. The fourth-order valence-corrected chi connectivity index (χ4v) is 1.61. The van der Waals surface area contributed by atoms with E-state index in [1.165, 1.54) is 5.12 Å². The predicted octanol–water partition coefficient (Wildman–Crippen LogP) is 3.17. The van der Waals surface area contributed by atoms with E-state index < -0.39 is 0 Å². The topological polar surface area (TPSA) is 70.5 Å². The maximum atomic E-state index is 5.10. The quantitative estimate of drug-likeness (QED) is 0.607. The standard InChI is InChI=1S/C15H19N5O2/c1-20(18-16-12-4-8-14(21-2)9-5-12)19-17-13-6-10-15(22-3)11-7-13/h4-11,16,18H,1-3H3. The Kier molecular flexibility index (Phi) is 5.56. The highest BCUT2D eigenvalue weighted by molar-refractivity contribution is 5.45. The molecule has 2 aromatic carbocycles. The molecule has 0 spiro atoms. The number of anilines is 1. The number of hydrogen-bond acceptors (Lipinski definition) is 6. The molecule has 7 nitrogen and oxygen atoms in total.